The number of urea groups is 1. The van der Waals surface area contributed by atoms with E-state index in [0.717, 1.165) is 43.5 Å². The first-order valence-corrected chi connectivity index (χ1v) is 10.6. The molecule has 2 aromatic carbocycles. The van der Waals surface area contributed by atoms with Crippen molar-refractivity contribution in [3.8, 4) is 17.2 Å². The number of rotatable bonds is 4. The molecular formula is C22H24N6O3. The van der Waals surface area contributed by atoms with Gasteiger partial charge in [-0.1, -0.05) is 37.5 Å². The van der Waals surface area contributed by atoms with Gasteiger partial charge in [0.25, 0.3) is 0 Å². The molecule has 31 heavy (non-hydrogen) atoms. The number of hydrogen-bond donors (Lipinski definition) is 2. The highest BCUT2D eigenvalue weighted by atomic mass is 16.6. The maximum absolute atomic E-state index is 12.9. The van der Waals surface area contributed by atoms with Gasteiger partial charge in [-0.3, -0.25) is 0 Å². The molecule has 2 amide bonds. The van der Waals surface area contributed by atoms with Crippen molar-refractivity contribution in [1.82, 2.24) is 25.5 Å². The first kappa shape index (κ1) is 19.3. The number of hydrogen-bond acceptors (Lipinski definition) is 6. The number of aromatic nitrogens is 4. The first-order valence-electron chi connectivity index (χ1n) is 10.6. The van der Waals surface area contributed by atoms with Crippen molar-refractivity contribution in [2.45, 2.75) is 37.6 Å². The van der Waals surface area contributed by atoms with Gasteiger partial charge in [-0.2, -0.15) is 4.68 Å². The lowest BCUT2D eigenvalue weighted by molar-refractivity contribution is 0.171. The van der Waals surface area contributed by atoms with Crippen LogP contribution in [0.3, 0.4) is 0 Å². The van der Waals surface area contributed by atoms with Crippen molar-refractivity contribution in [3.05, 3.63) is 54.4 Å². The van der Waals surface area contributed by atoms with Gasteiger partial charge >= 0.3 is 6.03 Å². The summed E-state index contributed by atoms with van der Waals surface area (Å²) < 4.78 is 13.0. The van der Waals surface area contributed by atoms with Gasteiger partial charge in [0, 0.05) is 11.8 Å². The van der Waals surface area contributed by atoms with Gasteiger partial charge in [-0.25, -0.2) is 4.79 Å². The molecule has 5 rings (SSSR count). The van der Waals surface area contributed by atoms with E-state index in [2.05, 4.69) is 26.2 Å². The molecule has 160 valence electrons. The van der Waals surface area contributed by atoms with Crippen molar-refractivity contribution < 1.29 is 14.3 Å². The summed E-state index contributed by atoms with van der Waals surface area (Å²) in [5.74, 6) is 1.99. The molecule has 2 aliphatic rings. The van der Waals surface area contributed by atoms with Crippen LogP contribution in [0.5, 0.6) is 11.5 Å². The van der Waals surface area contributed by atoms with E-state index >= 15 is 0 Å². The number of nitrogens with zero attached hydrogens (tertiary/aromatic N) is 4. The Morgan fingerprint density at radius 3 is 2.55 bits per heavy atom. The molecule has 1 fully saturated rings. The molecule has 1 aliphatic heterocycles. The summed E-state index contributed by atoms with van der Waals surface area (Å²) in [4.78, 5) is 12.9. The highest BCUT2D eigenvalue weighted by molar-refractivity contribution is 5.89. The number of tetrazole rings is 1. The number of para-hydroxylation sites is 1. The molecule has 9 heteroatoms. The van der Waals surface area contributed by atoms with Crippen LogP contribution in [0.2, 0.25) is 0 Å². The predicted molar refractivity (Wildman–Crippen MR) is 114 cm³/mol. The maximum Gasteiger partial charge on any atom is 0.320 e. The number of nitrogens with one attached hydrogen (secondary N) is 2. The van der Waals surface area contributed by atoms with E-state index in [1.165, 1.54) is 0 Å². The van der Waals surface area contributed by atoms with Crippen LogP contribution < -0.4 is 20.1 Å². The molecule has 2 heterocycles. The largest absolute Gasteiger partial charge is 0.486 e. The normalized spacial score (nSPS) is 17.0. The molecule has 1 aliphatic carbocycles. The fourth-order valence-electron chi connectivity index (χ4n) is 4.28. The number of benzene rings is 2. The van der Waals surface area contributed by atoms with Gasteiger partial charge in [0.2, 0.25) is 0 Å². The summed E-state index contributed by atoms with van der Waals surface area (Å²) in [5, 5.41) is 18.6. The third kappa shape index (κ3) is 3.90. The molecule has 0 atom stereocenters. The lowest BCUT2D eigenvalue weighted by Crippen LogP contribution is -2.50. The molecule has 0 saturated heterocycles. The zero-order chi connectivity index (χ0) is 21.1. The number of fused-ring (bicyclic) bond motifs is 1. The predicted octanol–water partition coefficient (Wildman–Crippen LogP) is 3.41. The van der Waals surface area contributed by atoms with Gasteiger partial charge in [0.1, 0.15) is 18.8 Å². The summed E-state index contributed by atoms with van der Waals surface area (Å²) in [6.07, 6.45) is 4.62. The van der Waals surface area contributed by atoms with E-state index in [-0.39, 0.29) is 6.03 Å². The molecule has 1 aromatic heterocycles. The van der Waals surface area contributed by atoms with Crippen LogP contribution in [0.1, 0.15) is 37.9 Å². The average Bonchev–Trinajstić information content (AvgIpc) is 3.31. The fourth-order valence-corrected chi connectivity index (χ4v) is 4.28. The van der Waals surface area contributed by atoms with Crippen molar-refractivity contribution in [3.63, 3.8) is 0 Å². The highest BCUT2D eigenvalue weighted by Gasteiger charge is 2.41. The minimum Gasteiger partial charge on any atom is -0.486 e. The minimum absolute atomic E-state index is 0.273. The molecule has 0 radical (unpaired) electrons. The summed E-state index contributed by atoms with van der Waals surface area (Å²) in [7, 11) is 0. The summed E-state index contributed by atoms with van der Waals surface area (Å²) >= 11 is 0. The number of carbonyl (C=O) groups is 1. The molecule has 3 aromatic rings. The molecule has 9 nitrogen and oxygen atoms in total. The third-order valence-corrected chi connectivity index (χ3v) is 5.76. The highest BCUT2D eigenvalue weighted by Crippen LogP contribution is 2.38. The summed E-state index contributed by atoms with van der Waals surface area (Å²) in [5.41, 5.74) is 0.838. The second-order valence-corrected chi connectivity index (χ2v) is 7.83. The van der Waals surface area contributed by atoms with Crippen molar-refractivity contribution in [1.29, 1.82) is 0 Å². The number of anilines is 1. The second kappa shape index (κ2) is 8.25. The SMILES string of the molecule is O=C(Nc1ccccc1)NC1(c2nnnn2-c2ccc3c(c2)OCCO3)CCCCC1. The molecule has 0 spiro atoms. The van der Waals surface area contributed by atoms with E-state index in [4.69, 9.17) is 9.47 Å². The van der Waals surface area contributed by atoms with Gasteiger partial charge < -0.3 is 20.1 Å². The molecule has 1 saturated carbocycles. The topological polar surface area (TPSA) is 103 Å². The van der Waals surface area contributed by atoms with Crippen LogP contribution in [0.25, 0.3) is 5.69 Å². The van der Waals surface area contributed by atoms with E-state index in [1.54, 1.807) is 4.68 Å². The van der Waals surface area contributed by atoms with E-state index in [1.807, 2.05) is 48.5 Å². The summed E-state index contributed by atoms with van der Waals surface area (Å²) in [6, 6.07) is 14.7. The zero-order valence-electron chi connectivity index (χ0n) is 17.1. The standard InChI is InChI=1S/C22H24N6O3/c29-21(23-16-7-3-1-4-8-16)24-22(11-5-2-6-12-22)20-25-26-27-28(20)17-9-10-18-19(15-17)31-14-13-30-18/h1,3-4,7-10,15H,2,5-6,11-14H2,(H2,23,24,29). The van der Waals surface area contributed by atoms with Crippen LogP contribution in [0, 0.1) is 0 Å². The first-order chi connectivity index (χ1) is 15.2. The van der Waals surface area contributed by atoms with Crippen LogP contribution >= 0.6 is 0 Å². The van der Waals surface area contributed by atoms with Crippen molar-refractivity contribution in [2.24, 2.45) is 0 Å². The molecule has 0 unspecified atom stereocenters. The lowest BCUT2D eigenvalue weighted by atomic mass is 9.81. The van der Waals surface area contributed by atoms with E-state index < -0.39 is 5.54 Å². The van der Waals surface area contributed by atoms with Gasteiger partial charge in [0.05, 0.1) is 5.69 Å². The number of ether oxygens (including phenoxy) is 2. The Morgan fingerprint density at radius 2 is 1.74 bits per heavy atom. The van der Waals surface area contributed by atoms with Gasteiger partial charge in [0.15, 0.2) is 17.3 Å². The van der Waals surface area contributed by atoms with Crippen LogP contribution in [0.15, 0.2) is 48.5 Å². The van der Waals surface area contributed by atoms with Crippen LogP contribution in [0.4, 0.5) is 10.5 Å². The third-order valence-electron chi connectivity index (χ3n) is 5.76. The van der Waals surface area contributed by atoms with Crippen molar-refractivity contribution in [2.75, 3.05) is 18.5 Å². The molecule has 2 N–H and O–H groups in total. The maximum atomic E-state index is 12.9. The van der Waals surface area contributed by atoms with E-state index in [9.17, 15) is 4.79 Å². The van der Waals surface area contributed by atoms with E-state index in [0.29, 0.717) is 30.5 Å². The molecule has 0 bridgehead atoms. The number of amides is 2. The smallest absolute Gasteiger partial charge is 0.320 e. The minimum atomic E-state index is -0.659. The Labute approximate surface area is 179 Å². The Kier molecular flexibility index (Phi) is 5.15. The van der Waals surface area contributed by atoms with Crippen LogP contribution in [-0.2, 0) is 5.54 Å². The Hall–Kier alpha value is -3.62. The second-order valence-electron chi connectivity index (χ2n) is 7.83. The fraction of sp³-hybridized carbons (Fsp3) is 0.364. The monoisotopic (exact) mass is 420 g/mol. The zero-order valence-corrected chi connectivity index (χ0v) is 17.1. The van der Waals surface area contributed by atoms with Crippen molar-refractivity contribution >= 4 is 11.7 Å². The Morgan fingerprint density at radius 1 is 0.968 bits per heavy atom. The quantitative estimate of drug-likeness (QED) is 0.670. The average molecular weight is 420 g/mol. The Balaban J connectivity index is 1.46. The number of carbonyl (C=O) groups excluding carboxylic acids is 1. The van der Waals surface area contributed by atoms with Gasteiger partial charge in [-0.15, -0.1) is 5.10 Å². The Bertz CT molecular complexity index is 1060. The van der Waals surface area contributed by atoms with Gasteiger partial charge in [-0.05, 0) is 47.5 Å². The molecular weight excluding hydrogens is 396 g/mol. The van der Waals surface area contributed by atoms with Crippen LogP contribution in [-0.4, -0.2) is 39.5 Å². The summed E-state index contributed by atoms with van der Waals surface area (Å²) in [6.45, 7) is 1.04. The lowest BCUT2D eigenvalue weighted by Gasteiger charge is -2.36.